The van der Waals surface area contributed by atoms with Gasteiger partial charge in [0.1, 0.15) is 13.2 Å². The Bertz CT molecular complexity index is 789. The van der Waals surface area contributed by atoms with E-state index in [1.165, 1.54) is 30.1 Å². The van der Waals surface area contributed by atoms with E-state index in [-0.39, 0.29) is 12.1 Å². The van der Waals surface area contributed by atoms with Gasteiger partial charge in [-0.1, -0.05) is 18.2 Å². The average Bonchev–Trinajstić information content (AvgIpc) is 2.60. The van der Waals surface area contributed by atoms with Gasteiger partial charge in [0.15, 0.2) is 11.5 Å². The van der Waals surface area contributed by atoms with E-state index >= 15 is 0 Å². The first-order valence-electron chi connectivity index (χ1n) is 7.66. The molecule has 25 heavy (non-hydrogen) atoms. The maximum Gasteiger partial charge on any atom is 0.416 e. The number of hydrogen-bond acceptors (Lipinski definition) is 3. The number of nitrogens with zero attached hydrogens (tertiary/aromatic N) is 1. The zero-order chi connectivity index (χ0) is 18.0. The first kappa shape index (κ1) is 17.1. The smallest absolute Gasteiger partial charge is 0.416 e. The summed E-state index contributed by atoms with van der Waals surface area (Å²) in [4.78, 5) is 13.8. The lowest BCUT2D eigenvalue weighted by molar-refractivity contribution is -0.138. The Morgan fingerprint density at radius 1 is 1.08 bits per heavy atom. The molecule has 1 aliphatic rings. The van der Waals surface area contributed by atoms with E-state index in [0.29, 0.717) is 30.3 Å². The lowest BCUT2D eigenvalue weighted by Gasteiger charge is -2.22. The van der Waals surface area contributed by atoms with Crippen LogP contribution >= 0.6 is 0 Å². The molecule has 0 atom stereocenters. The molecule has 4 nitrogen and oxygen atoms in total. The van der Waals surface area contributed by atoms with E-state index in [4.69, 9.17) is 9.47 Å². The maximum absolute atomic E-state index is 13.1. The van der Waals surface area contributed by atoms with E-state index in [1.54, 1.807) is 18.2 Å². The highest BCUT2D eigenvalue weighted by molar-refractivity contribution is 5.94. The fourth-order valence-corrected chi connectivity index (χ4v) is 2.66. The van der Waals surface area contributed by atoms with Crippen LogP contribution in [0.3, 0.4) is 0 Å². The van der Waals surface area contributed by atoms with Crippen LogP contribution in [0.1, 0.15) is 21.5 Å². The number of benzene rings is 2. The van der Waals surface area contributed by atoms with Gasteiger partial charge in [-0.05, 0) is 29.8 Å². The van der Waals surface area contributed by atoms with Gasteiger partial charge in [0.25, 0.3) is 5.91 Å². The quantitative estimate of drug-likeness (QED) is 0.845. The minimum absolute atomic E-state index is 0.0448. The van der Waals surface area contributed by atoms with Gasteiger partial charge in [-0.25, -0.2) is 0 Å². The molecule has 1 heterocycles. The van der Waals surface area contributed by atoms with Crippen LogP contribution in [0.5, 0.6) is 11.5 Å². The molecular formula is C18H16F3NO3. The van der Waals surface area contributed by atoms with Crippen molar-refractivity contribution >= 4 is 5.91 Å². The fraction of sp³-hybridized carbons (Fsp3) is 0.278. The number of carbonyl (C=O) groups is 1. The van der Waals surface area contributed by atoms with Crippen LogP contribution < -0.4 is 9.47 Å². The van der Waals surface area contributed by atoms with Crippen molar-refractivity contribution in [2.75, 3.05) is 20.3 Å². The normalized spacial score (nSPS) is 13.4. The van der Waals surface area contributed by atoms with Crippen LogP contribution in [-0.2, 0) is 12.7 Å². The molecule has 132 valence electrons. The monoisotopic (exact) mass is 351 g/mol. The Morgan fingerprint density at radius 3 is 2.48 bits per heavy atom. The summed E-state index contributed by atoms with van der Waals surface area (Å²) < 4.78 is 50.1. The summed E-state index contributed by atoms with van der Waals surface area (Å²) >= 11 is 0. The molecule has 0 saturated carbocycles. The van der Waals surface area contributed by atoms with Crippen LogP contribution in [0.2, 0.25) is 0 Å². The van der Waals surface area contributed by atoms with Crippen LogP contribution in [-0.4, -0.2) is 31.1 Å². The highest BCUT2D eigenvalue weighted by Crippen LogP contribution is 2.33. The third kappa shape index (κ3) is 3.70. The Morgan fingerprint density at radius 2 is 1.76 bits per heavy atom. The summed E-state index contributed by atoms with van der Waals surface area (Å²) in [5.74, 6) is 0.614. The number of fused-ring (bicyclic) bond motifs is 1. The molecule has 2 aromatic rings. The van der Waals surface area contributed by atoms with Crippen LogP contribution in [0.4, 0.5) is 13.2 Å². The Balaban J connectivity index is 1.80. The number of rotatable bonds is 3. The topological polar surface area (TPSA) is 38.8 Å². The summed E-state index contributed by atoms with van der Waals surface area (Å²) in [6, 6.07) is 9.97. The Hall–Kier alpha value is -2.70. The van der Waals surface area contributed by atoms with Crippen LogP contribution in [0.25, 0.3) is 0 Å². The van der Waals surface area contributed by atoms with Gasteiger partial charge in [-0.3, -0.25) is 4.79 Å². The summed E-state index contributed by atoms with van der Waals surface area (Å²) in [6.45, 7) is 0.677. The van der Waals surface area contributed by atoms with Crippen molar-refractivity contribution in [1.29, 1.82) is 0 Å². The van der Waals surface area contributed by atoms with Gasteiger partial charge in [-0.15, -0.1) is 0 Å². The zero-order valence-corrected chi connectivity index (χ0v) is 13.5. The molecule has 0 aromatic heterocycles. The van der Waals surface area contributed by atoms with Crippen LogP contribution in [0, 0.1) is 0 Å². The van der Waals surface area contributed by atoms with Gasteiger partial charge < -0.3 is 14.4 Å². The number of hydrogen-bond donors (Lipinski definition) is 0. The molecule has 0 fully saturated rings. The van der Waals surface area contributed by atoms with Crippen molar-refractivity contribution in [2.45, 2.75) is 12.7 Å². The number of carbonyl (C=O) groups excluding carboxylic acids is 1. The van der Waals surface area contributed by atoms with Crippen molar-refractivity contribution < 1.29 is 27.4 Å². The van der Waals surface area contributed by atoms with Crippen molar-refractivity contribution in [3.63, 3.8) is 0 Å². The molecule has 0 saturated heterocycles. The molecule has 0 unspecified atom stereocenters. The highest BCUT2D eigenvalue weighted by atomic mass is 19.4. The van der Waals surface area contributed by atoms with Crippen molar-refractivity contribution in [2.24, 2.45) is 0 Å². The number of halogens is 3. The predicted molar refractivity (Wildman–Crippen MR) is 84.7 cm³/mol. The van der Waals surface area contributed by atoms with Crippen molar-refractivity contribution in [3.05, 3.63) is 59.2 Å². The Kier molecular flexibility index (Phi) is 4.57. The standard InChI is InChI=1S/C18H16F3NO3/c1-22(11-13-4-2-3-5-14(13)18(19,20)21)17(23)12-6-7-15-16(10-12)25-9-8-24-15/h2-7,10H,8-9,11H2,1H3. The van der Waals surface area contributed by atoms with Gasteiger partial charge in [0.2, 0.25) is 0 Å². The first-order valence-corrected chi connectivity index (χ1v) is 7.66. The van der Waals surface area contributed by atoms with Gasteiger partial charge in [0.05, 0.1) is 5.56 Å². The van der Waals surface area contributed by atoms with E-state index in [9.17, 15) is 18.0 Å². The highest BCUT2D eigenvalue weighted by Gasteiger charge is 2.33. The minimum atomic E-state index is -4.46. The summed E-state index contributed by atoms with van der Waals surface area (Å²) in [7, 11) is 1.46. The third-order valence-electron chi connectivity index (χ3n) is 3.87. The summed E-state index contributed by atoms with van der Waals surface area (Å²) in [5.41, 5.74) is -0.364. The molecule has 1 amide bonds. The molecule has 0 aliphatic carbocycles. The van der Waals surface area contributed by atoms with Crippen LogP contribution in [0.15, 0.2) is 42.5 Å². The fourth-order valence-electron chi connectivity index (χ4n) is 2.66. The summed E-state index contributed by atoms with van der Waals surface area (Å²) in [6.07, 6.45) is -4.46. The molecule has 0 N–H and O–H groups in total. The van der Waals surface area contributed by atoms with E-state index < -0.39 is 17.6 Å². The number of ether oxygens (including phenoxy) is 2. The molecule has 0 bridgehead atoms. The first-order chi connectivity index (χ1) is 11.9. The van der Waals surface area contributed by atoms with Crippen molar-refractivity contribution in [3.8, 4) is 11.5 Å². The van der Waals surface area contributed by atoms with Gasteiger partial charge in [-0.2, -0.15) is 13.2 Å². The van der Waals surface area contributed by atoms with Gasteiger partial charge in [0, 0.05) is 19.2 Å². The molecule has 0 radical (unpaired) electrons. The van der Waals surface area contributed by atoms with Crippen molar-refractivity contribution in [1.82, 2.24) is 4.90 Å². The SMILES string of the molecule is CN(Cc1ccccc1C(F)(F)F)C(=O)c1ccc2c(c1)OCCO2. The second-order valence-electron chi connectivity index (χ2n) is 5.67. The Labute approximate surface area is 142 Å². The van der Waals surface area contributed by atoms with E-state index in [1.807, 2.05) is 0 Å². The lowest BCUT2D eigenvalue weighted by atomic mass is 10.1. The maximum atomic E-state index is 13.1. The van der Waals surface area contributed by atoms with E-state index in [2.05, 4.69) is 0 Å². The molecule has 0 spiro atoms. The molecule has 3 rings (SSSR count). The largest absolute Gasteiger partial charge is 0.486 e. The zero-order valence-electron chi connectivity index (χ0n) is 13.5. The third-order valence-corrected chi connectivity index (χ3v) is 3.87. The minimum Gasteiger partial charge on any atom is -0.486 e. The second-order valence-corrected chi connectivity index (χ2v) is 5.67. The molecule has 7 heteroatoms. The second kappa shape index (κ2) is 6.66. The number of alkyl halides is 3. The lowest BCUT2D eigenvalue weighted by Crippen LogP contribution is -2.27. The molecular weight excluding hydrogens is 335 g/mol. The molecule has 1 aliphatic heterocycles. The molecule has 2 aromatic carbocycles. The number of amides is 1. The van der Waals surface area contributed by atoms with E-state index in [0.717, 1.165) is 6.07 Å². The summed E-state index contributed by atoms with van der Waals surface area (Å²) in [5, 5.41) is 0. The van der Waals surface area contributed by atoms with Gasteiger partial charge >= 0.3 is 6.18 Å². The predicted octanol–water partition coefficient (Wildman–Crippen LogP) is 3.75. The average molecular weight is 351 g/mol.